The fourth-order valence-corrected chi connectivity index (χ4v) is 5.38. The van der Waals surface area contributed by atoms with Crippen LogP contribution in [-0.4, -0.2) is 22.6 Å². The van der Waals surface area contributed by atoms with Crippen LogP contribution >= 0.6 is 27.7 Å². The molecule has 202 valence electrons. The van der Waals surface area contributed by atoms with Crippen LogP contribution in [0.3, 0.4) is 0 Å². The van der Waals surface area contributed by atoms with Crippen LogP contribution in [0.2, 0.25) is 0 Å². The van der Waals surface area contributed by atoms with Crippen molar-refractivity contribution in [1.29, 1.82) is 0 Å². The first-order valence-corrected chi connectivity index (χ1v) is 14.6. The van der Waals surface area contributed by atoms with Crippen molar-refractivity contribution >= 4 is 50.5 Å². The minimum Gasteiger partial charge on any atom is -0.490 e. The van der Waals surface area contributed by atoms with E-state index in [9.17, 15) is 4.79 Å². The lowest BCUT2D eigenvalue weighted by atomic mass is 10.1. The van der Waals surface area contributed by atoms with Gasteiger partial charge < -0.3 is 9.47 Å². The quantitative estimate of drug-likeness (QED) is 0.178. The number of amidine groups is 1. The molecule has 0 spiro atoms. The van der Waals surface area contributed by atoms with Gasteiger partial charge in [-0.3, -0.25) is 9.69 Å². The van der Waals surface area contributed by atoms with Crippen molar-refractivity contribution in [2.45, 2.75) is 27.0 Å². The molecule has 4 aromatic carbocycles. The summed E-state index contributed by atoms with van der Waals surface area (Å²) in [6, 6.07) is 31.7. The van der Waals surface area contributed by atoms with Crippen molar-refractivity contribution in [2.24, 2.45) is 4.99 Å². The van der Waals surface area contributed by atoms with E-state index in [-0.39, 0.29) is 5.91 Å². The van der Waals surface area contributed by atoms with Crippen LogP contribution in [0.5, 0.6) is 11.5 Å². The SMILES string of the molecule is CCOc1cc(/C=C2/SC(=Nc3ccc(C)cc3)N(Cc3ccccc3)C2=O)ccc1OCc1ccc(Br)cc1. The third-order valence-electron chi connectivity index (χ3n) is 6.20. The number of hydrogen-bond acceptors (Lipinski definition) is 5. The van der Waals surface area contributed by atoms with Gasteiger partial charge in [-0.1, -0.05) is 82.2 Å². The van der Waals surface area contributed by atoms with Crippen LogP contribution in [0.1, 0.15) is 29.2 Å². The summed E-state index contributed by atoms with van der Waals surface area (Å²) in [6.45, 7) is 5.36. The van der Waals surface area contributed by atoms with Crippen LogP contribution in [0.25, 0.3) is 6.08 Å². The van der Waals surface area contributed by atoms with E-state index in [0.717, 1.165) is 32.4 Å². The number of halogens is 1. The summed E-state index contributed by atoms with van der Waals surface area (Å²) in [7, 11) is 0. The van der Waals surface area contributed by atoms with E-state index in [1.54, 1.807) is 4.90 Å². The van der Waals surface area contributed by atoms with Gasteiger partial charge >= 0.3 is 0 Å². The number of carbonyl (C=O) groups excluding carboxylic acids is 1. The minimum absolute atomic E-state index is 0.0757. The highest BCUT2D eigenvalue weighted by Crippen LogP contribution is 2.37. The molecule has 5 rings (SSSR count). The molecule has 1 aliphatic rings. The molecule has 0 N–H and O–H groups in total. The molecular formula is C33H29BrN2O3S. The highest BCUT2D eigenvalue weighted by atomic mass is 79.9. The Kier molecular flexibility index (Phi) is 9.04. The van der Waals surface area contributed by atoms with Crippen LogP contribution < -0.4 is 9.47 Å². The highest BCUT2D eigenvalue weighted by Gasteiger charge is 2.33. The third-order valence-corrected chi connectivity index (χ3v) is 7.74. The summed E-state index contributed by atoms with van der Waals surface area (Å²) in [6.07, 6.45) is 1.89. The smallest absolute Gasteiger partial charge is 0.267 e. The van der Waals surface area contributed by atoms with Gasteiger partial charge in [-0.15, -0.1) is 0 Å². The molecule has 4 aromatic rings. The number of carbonyl (C=O) groups is 1. The maximum Gasteiger partial charge on any atom is 0.267 e. The molecule has 0 atom stereocenters. The van der Waals surface area contributed by atoms with Gasteiger partial charge in [0.1, 0.15) is 6.61 Å². The number of thioether (sulfide) groups is 1. The van der Waals surface area contributed by atoms with E-state index >= 15 is 0 Å². The Morgan fingerprint density at radius 2 is 1.62 bits per heavy atom. The average Bonchev–Trinajstić information content (AvgIpc) is 3.24. The fraction of sp³-hybridized carbons (Fsp3) is 0.152. The zero-order valence-corrected chi connectivity index (χ0v) is 24.7. The number of rotatable bonds is 9. The lowest BCUT2D eigenvalue weighted by molar-refractivity contribution is -0.122. The summed E-state index contributed by atoms with van der Waals surface area (Å²) >= 11 is 4.85. The third kappa shape index (κ3) is 7.03. The highest BCUT2D eigenvalue weighted by molar-refractivity contribution is 9.10. The topological polar surface area (TPSA) is 51.1 Å². The van der Waals surface area contributed by atoms with E-state index in [0.29, 0.717) is 41.3 Å². The first-order chi connectivity index (χ1) is 19.5. The van der Waals surface area contributed by atoms with Crippen LogP contribution in [-0.2, 0) is 17.9 Å². The molecule has 0 saturated carbocycles. The molecule has 0 radical (unpaired) electrons. The zero-order chi connectivity index (χ0) is 27.9. The first kappa shape index (κ1) is 27.7. The van der Waals surface area contributed by atoms with Gasteiger partial charge in [-0.2, -0.15) is 0 Å². The maximum atomic E-state index is 13.6. The standard InChI is InChI=1S/C33H29BrN2O3S/c1-3-38-30-19-26(13-18-29(30)39-22-25-11-14-27(34)15-12-25)20-31-32(37)36(21-24-7-5-4-6-8-24)33(40-31)35-28-16-9-23(2)10-17-28/h4-20H,3,21-22H2,1-2H3/b31-20+,35-33?. The van der Waals surface area contributed by atoms with Crippen molar-refractivity contribution in [3.63, 3.8) is 0 Å². The Hall–Kier alpha value is -3.81. The van der Waals surface area contributed by atoms with Crippen LogP contribution in [0, 0.1) is 6.92 Å². The summed E-state index contributed by atoms with van der Waals surface area (Å²) in [4.78, 5) is 20.8. The number of aryl methyl sites for hydroxylation is 1. The van der Waals surface area contributed by atoms with E-state index < -0.39 is 0 Å². The van der Waals surface area contributed by atoms with E-state index in [1.807, 2.05) is 117 Å². The molecule has 1 fully saturated rings. The number of benzene rings is 4. The Morgan fingerprint density at radius 1 is 0.875 bits per heavy atom. The number of aliphatic imine (C=N–C) groups is 1. The van der Waals surface area contributed by atoms with Gasteiger partial charge in [0.15, 0.2) is 16.7 Å². The monoisotopic (exact) mass is 612 g/mol. The number of ether oxygens (including phenoxy) is 2. The maximum absolute atomic E-state index is 13.6. The van der Waals surface area contributed by atoms with Crippen molar-refractivity contribution in [2.75, 3.05) is 6.61 Å². The van der Waals surface area contributed by atoms with Gasteiger partial charge in [-0.05, 0) is 84.8 Å². The Morgan fingerprint density at radius 3 is 2.35 bits per heavy atom. The minimum atomic E-state index is -0.0757. The number of hydrogen-bond donors (Lipinski definition) is 0. The van der Waals surface area contributed by atoms with Crippen molar-refractivity contribution in [3.05, 3.63) is 129 Å². The van der Waals surface area contributed by atoms with E-state index in [4.69, 9.17) is 14.5 Å². The summed E-state index contributed by atoms with van der Waals surface area (Å²) in [5.41, 5.74) is 4.93. The molecule has 0 aliphatic carbocycles. The fourth-order valence-electron chi connectivity index (χ4n) is 4.12. The van der Waals surface area contributed by atoms with Gasteiger partial charge in [-0.25, -0.2) is 4.99 Å². The summed E-state index contributed by atoms with van der Waals surface area (Å²) in [5, 5.41) is 0.656. The molecule has 7 heteroatoms. The predicted molar refractivity (Wildman–Crippen MR) is 167 cm³/mol. The molecular weight excluding hydrogens is 584 g/mol. The predicted octanol–water partition coefficient (Wildman–Crippen LogP) is 8.54. The van der Waals surface area contributed by atoms with Crippen LogP contribution in [0.4, 0.5) is 5.69 Å². The average molecular weight is 614 g/mol. The second kappa shape index (κ2) is 13.0. The summed E-state index contributed by atoms with van der Waals surface area (Å²) in [5.74, 6) is 1.22. The van der Waals surface area contributed by atoms with Crippen molar-refractivity contribution in [1.82, 2.24) is 4.90 Å². The summed E-state index contributed by atoms with van der Waals surface area (Å²) < 4.78 is 13.0. The number of nitrogens with zero attached hydrogens (tertiary/aromatic N) is 2. The van der Waals surface area contributed by atoms with Gasteiger partial charge in [0, 0.05) is 4.47 Å². The Bertz CT molecular complexity index is 1530. The second-order valence-corrected chi connectivity index (χ2v) is 11.2. The lowest BCUT2D eigenvalue weighted by Gasteiger charge is -2.15. The molecule has 1 amide bonds. The normalized spacial score (nSPS) is 15.2. The molecule has 0 unspecified atom stereocenters. The molecule has 1 aliphatic heterocycles. The second-order valence-electron chi connectivity index (χ2n) is 9.27. The van der Waals surface area contributed by atoms with Crippen molar-refractivity contribution < 1.29 is 14.3 Å². The van der Waals surface area contributed by atoms with Crippen molar-refractivity contribution in [3.8, 4) is 11.5 Å². The first-order valence-electron chi connectivity index (χ1n) is 13.0. The van der Waals surface area contributed by atoms with Gasteiger partial charge in [0.25, 0.3) is 5.91 Å². The van der Waals surface area contributed by atoms with E-state index in [2.05, 4.69) is 15.9 Å². The largest absolute Gasteiger partial charge is 0.490 e. The van der Waals surface area contributed by atoms with Gasteiger partial charge in [0.05, 0.1) is 23.7 Å². The molecule has 0 bridgehead atoms. The molecule has 5 nitrogen and oxygen atoms in total. The lowest BCUT2D eigenvalue weighted by Crippen LogP contribution is -2.28. The molecule has 0 aromatic heterocycles. The Labute approximate surface area is 247 Å². The Balaban J connectivity index is 1.41. The zero-order valence-electron chi connectivity index (χ0n) is 22.3. The van der Waals surface area contributed by atoms with Crippen LogP contribution in [0.15, 0.2) is 111 Å². The van der Waals surface area contributed by atoms with Gasteiger partial charge in [0.2, 0.25) is 0 Å². The molecule has 1 saturated heterocycles. The molecule has 40 heavy (non-hydrogen) atoms. The van der Waals surface area contributed by atoms with E-state index in [1.165, 1.54) is 11.8 Å². The molecule has 1 heterocycles. The number of amides is 1.